The largest absolute Gasteiger partial charge is 0.502 e. The summed E-state index contributed by atoms with van der Waals surface area (Å²) in [7, 11) is 9.11. The quantitative estimate of drug-likeness (QED) is 0.0662. The van der Waals surface area contributed by atoms with Gasteiger partial charge in [0.2, 0.25) is 5.75 Å². The molecule has 0 fully saturated rings. The summed E-state index contributed by atoms with van der Waals surface area (Å²) in [6, 6.07) is 19.3. The number of quaternary nitrogens is 1. The summed E-state index contributed by atoms with van der Waals surface area (Å²) in [6.07, 6.45) is 20.9. The first kappa shape index (κ1) is 48.0. The van der Waals surface area contributed by atoms with Crippen LogP contribution < -0.4 is 23.7 Å². The number of fused-ring (bicyclic) bond motifs is 2. The van der Waals surface area contributed by atoms with Gasteiger partial charge in [-0.2, -0.15) is 0 Å². The van der Waals surface area contributed by atoms with E-state index in [2.05, 4.69) is 56.3 Å². The number of carboxylic acids is 1. The van der Waals surface area contributed by atoms with Gasteiger partial charge in [0.15, 0.2) is 40.5 Å². The number of hydrogen-bond acceptors (Lipinski definition) is 8. The van der Waals surface area contributed by atoms with E-state index >= 15 is 0 Å². The van der Waals surface area contributed by atoms with Crippen LogP contribution in [0.4, 0.5) is 0 Å². The zero-order valence-electron chi connectivity index (χ0n) is 40.1. The van der Waals surface area contributed by atoms with E-state index < -0.39 is 12.0 Å². The molecule has 4 aliphatic heterocycles. The number of nitrogens with zero attached hydrogens (tertiary/aromatic N) is 2. The smallest absolute Gasteiger partial charge is 0.362 e. The van der Waals surface area contributed by atoms with Gasteiger partial charge in [0.1, 0.15) is 11.8 Å². The van der Waals surface area contributed by atoms with Crippen LogP contribution in [-0.4, -0.2) is 80.1 Å². The van der Waals surface area contributed by atoms with Crippen molar-refractivity contribution >= 4 is 5.97 Å². The van der Waals surface area contributed by atoms with E-state index in [1.807, 2.05) is 30.3 Å². The predicted molar refractivity (Wildman–Crippen MR) is 258 cm³/mol. The summed E-state index contributed by atoms with van der Waals surface area (Å²) in [6.45, 7) is 3.75. The van der Waals surface area contributed by atoms with Gasteiger partial charge in [0, 0.05) is 43.0 Å². The molecule has 0 spiro atoms. The number of carbonyl (C=O) groups is 1. The molecule has 8 rings (SSSR count). The van der Waals surface area contributed by atoms with Crippen molar-refractivity contribution in [2.24, 2.45) is 0 Å². The number of rotatable bonds is 20. The summed E-state index contributed by atoms with van der Waals surface area (Å²) in [5.74, 6) is 2.81. The fourth-order valence-corrected chi connectivity index (χ4v) is 10.9. The van der Waals surface area contributed by atoms with Crippen molar-refractivity contribution in [2.45, 2.75) is 147 Å². The number of benzene rings is 4. The molecule has 65 heavy (non-hydrogen) atoms. The second-order valence-corrected chi connectivity index (χ2v) is 19.1. The molecule has 4 unspecified atom stereocenters. The van der Waals surface area contributed by atoms with Gasteiger partial charge in [-0.1, -0.05) is 109 Å². The van der Waals surface area contributed by atoms with Crippen LogP contribution in [0, 0.1) is 0 Å². The number of methoxy groups -OCH3 is 3. The first-order valence-electron chi connectivity index (χ1n) is 24.6. The molecule has 352 valence electrons. The van der Waals surface area contributed by atoms with Crippen LogP contribution >= 0.6 is 0 Å². The molecular formula is C55H75N2O8+. The molecule has 2 N–H and O–H groups in total. The molecule has 4 aromatic rings. The summed E-state index contributed by atoms with van der Waals surface area (Å²) >= 11 is 0. The molecule has 4 atom stereocenters. The number of phenolic OH excluding ortho intramolecular Hbond substituents is 1. The Labute approximate surface area is 388 Å². The maximum atomic E-state index is 13.5. The standard InChI is InChI=1S/C55H74N2O8/c1-7-8-9-10-11-12-13-14-15-16-17-18-19-20-21-45(55(59)60)57(3)31-29-40-35-48(62-5)50-37-43(40)46(57)33-38-22-25-42(26-23-38)64-49-34-39(24-27-47(49)61-4)32-44-52-41(28-30-56(44)2)36-51(63-6)53(58)54(52)65-50/h22-27,34-37,44-46H,7-21,28-33H2,1-6H3,(H-,58,59,60)/p+1. The summed E-state index contributed by atoms with van der Waals surface area (Å²) < 4.78 is 31.5. The SMILES string of the molecule is CCCCCCCCCCCCCCCCC(C(=O)O)[N+]1(C)CCc2cc(OC)c3cc2C1Cc1ccc(cc1)Oc1cc(ccc1OC)CC1c2c(cc(OC)c(O)c2O3)CCN1C. The second-order valence-electron chi connectivity index (χ2n) is 19.1. The molecule has 0 saturated heterocycles. The Balaban J connectivity index is 1.21. The minimum atomic E-state index is -0.752. The molecule has 0 radical (unpaired) electrons. The maximum Gasteiger partial charge on any atom is 0.362 e. The molecule has 6 bridgehead atoms. The third-order valence-electron chi connectivity index (χ3n) is 14.8. The molecule has 0 aliphatic carbocycles. The van der Waals surface area contributed by atoms with Crippen LogP contribution in [0.3, 0.4) is 0 Å². The number of aromatic hydroxyl groups is 1. The fourth-order valence-electron chi connectivity index (χ4n) is 10.9. The molecule has 10 heteroatoms. The molecule has 0 saturated carbocycles. The zero-order valence-corrected chi connectivity index (χ0v) is 40.1. The molecular weight excluding hydrogens is 817 g/mol. The monoisotopic (exact) mass is 892 g/mol. The lowest BCUT2D eigenvalue weighted by atomic mass is 9.84. The lowest BCUT2D eigenvalue weighted by Gasteiger charge is -2.49. The molecule has 4 heterocycles. The third-order valence-corrected chi connectivity index (χ3v) is 14.8. The Bertz CT molecular complexity index is 2210. The van der Waals surface area contributed by atoms with Gasteiger partial charge in [-0.25, -0.2) is 4.79 Å². The van der Waals surface area contributed by atoms with Crippen LogP contribution in [0.15, 0.2) is 60.7 Å². The van der Waals surface area contributed by atoms with E-state index in [0.29, 0.717) is 77.0 Å². The number of carboxylic acid groups (broad SMARTS) is 1. The van der Waals surface area contributed by atoms with Crippen molar-refractivity contribution in [3.8, 4) is 46.0 Å². The normalized spacial score (nSPS) is 19.5. The second kappa shape index (κ2) is 22.5. The van der Waals surface area contributed by atoms with Crippen molar-refractivity contribution in [3.63, 3.8) is 0 Å². The molecule has 4 aliphatic rings. The number of unbranched alkanes of at least 4 members (excludes halogenated alkanes) is 13. The van der Waals surface area contributed by atoms with E-state index in [0.717, 1.165) is 65.6 Å². The van der Waals surface area contributed by atoms with Gasteiger partial charge in [-0.3, -0.25) is 4.90 Å². The Morgan fingerprint density at radius 1 is 0.723 bits per heavy atom. The van der Waals surface area contributed by atoms with Gasteiger partial charge in [0.05, 0.1) is 34.9 Å². The summed E-state index contributed by atoms with van der Waals surface area (Å²) in [4.78, 5) is 15.8. The van der Waals surface area contributed by atoms with Crippen molar-refractivity contribution in [1.29, 1.82) is 0 Å². The van der Waals surface area contributed by atoms with Crippen molar-refractivity contribution in [2.75, 3.05) is 48.5 Å². The Hall–Kier alpha value is -4.93. The minimum Gasteiger partial charge on any atom is -0.502 e. The average Bonchev–Trinajstić information content (AvgIpc) is 3.30. The molecule has 10 nitrogen and oxygen atoms in total. The number of phenols is 1. The lowest BCUT2D eigenvalue weighted by molar-refractivity contribution is -0.956. The number of ether oxygens (including phenoxy) is 5. The van der Waals surface area contributed by atoms with Crippen LogP contribution in [0.1, 0.15) is 149 Å². The number of hydrogen-bond donors (Lipinski definition) is 2. The lowest BCUT2D eigenvalue weighted by Crippen LogP contribution is -2.60. The van der Waals surface area contributed by atoms with Gasteiger partial charge in [-0.05, 0) is 91.0 Å². The van der Waals surface area contributed by atoms with Crippen LogP contribution in [-0.2, 0) is 30.5 Å². The Morgan fingerprint density at radius 3 is 1.95 bits per heavy atom. The zero-order chi connectivity index (χ0) is 45.9. The highest BCUT2D eigenvalue weighted by molar-refractivity contribution is 5.72. The van der Waals surface area contributed by atoms with E-state index in [1.54, 1.807) is 21.3 Å². The van der Waals surface area contributed by atoms with E-state index in [9.17, 15) is 15.0 Å². The Kier molecular flexibility index (Phi) is 16.6. The fraction of sp³-hybridized carbons (Fsp3) is 0.545. The highest BCUT2D eigenvalue weighted by atomic mass is 16.5. The van der Waals surface area contributed by atoms with Gasteiger partial charge < -0.3 is 38.4 Å². The van der Waals surface area contributed by atoms with Gasteiger partial charge in [0.25, 0.3) is 0 Å². The van der Waals surface area contributed by atoms with Crippen molar-refractivity contribution in [3.05, 3.63) is 94.0 Å². The molecule has 4 aromatic carbocycles. The topological polar surface area (TPSA) is 107 Å². The number of aliphatic carboxylic acids is 1. The van der Waals surface area contributed by atoms with Crippen LogP contribution in [0.2, 0.25) is 0 Å². The summed E-state index contributed by atoms with van der Waals surface area (Å²) in [5.41, 5.74) is 6.20. The minimum absolute atomic E-state index is 0.0738. The van der Waals surface area contributed by atoms with E-state index in [4.69, 9.17) is 23.7 Å². The Morgan fingerprint density at radius 2 is 1.32 bits per heavy atom. The highest BCUT2D eigenvalue weighted by Crippen LogP contribution is 2.52. The van der Waals surface area contributed by atoms with Gasteiger partial charge >= 0.3 is 5.97 Å². The third kappa shape index (κ3) is 11.2. The van der Waals surface area contributed by atoms with E-state index in [-0.39, 0.29) is 17.8 Å². The average molecular weight is 892 g/mol. The van der Waals surface area contributed by atoms with E-state index in [1.165, 1.54) is 70.6 Å². The predicted octanol–water partition coefficient (Wildman–Crippen LogP) is 12.7. The number of likely N-dealkylation sites (N-methyl/N-ethyl adjacent to an activating group) is 2. The van der Waals surface area contributed by atoms with Crippen molar-refractivity contribution in [1.82, 2.24) is 4.90 Å². The van der Waals surface area contributed by atoms with Crippen molar-refractivity contribution < 1.29 is 43.2 Å². The van der Waals surface area contributed by atoms with Crippen LogP contribution in [0.25, 0.3) is 0 Å². The first-order valence-corrected chi connectivity index (χ1v) is 24.6. The molecule has 0 aromatic heterocycles. The van der Waals surface area contributed by atoms with Gasteiger partial charge in [-0.15, -0.1) is 0 Å². The highest BCUT2D eigenvalue weighted by Gasteiger charge is 2.48. The molecule has 0 amide bonds. The first-order chi connectivity index (χ1) is 31.6. The maximum absolute atomic E-state index is 13.5. The summed E-state index contributed by atoms with van der Waals surface area (Å²) in [5, 5.41) is 23.1. The van der Waals surface area contributed by atoms with Crippen LogP contribution in [0.5, 0.6) is 46.0 Å².